The molecule has 30 heavy (non-hydrogen) atoms. The summed E-state index contributed by atoms with van der Waals surface area (Å²) in [7, 11) is 2.17. The molecular formula is C22H30ClN7. The summed E-state index contributed by atoms with van der Waals surface area (Å²) in [4.78, 5) is 6.99. The molecule has 0 amide bonds. The summed E-state index contributed by atoms with van der Waals surface area (Å²) in [6.45, 7) is 10.6. The number of likely N-dealkylation sites (N-methyl/N-ethyl adjacent to an activating group) is 1. The largest absolute Gasteiger partial charge is 0.368 e. The molecular weight excluding hydrogens is 398 g/mol. The molecule has 0 spiro atoms. The second kappa shape index (κ2) is 10.2. The van der Waals surface area contributed by atoms with Crippen LogP contribution < -0.4 is 16.5 Å². The molecule has 4 rings (SSSR count). The highest BCUT2D eigenvalue weighted by atomic mass is 35.5. The Morgan fingerprint density at radius 1 is 1.43 bits per heavy atom. The monoisotopic (exact) mass is 427 g/mol. The summed E-state index contributed by atoms with van der Waals surface area (Å²) in [6.07, 6.45) is 7.47. The zero-order valence-corrected chi connectivity index (χ0v) is 18.1. The average Bonchev–Trinajstić information content (AvgIpc) is 3.32. The fourth-order valence-corrected chi connectivity index (χ4v) is 3.68. The first kappa shape index (κ1) is 21.8. The lowest BCUT2D eigenvalue weighted by atomic mass is 10.1. The van der Waals surface area contributed by atoms with Gasteiger partial charge in [0.25, 0.3) is 0 Å². The van der Waals surface area contributed by atoms with Crippen molar-refractivity contribution in [2.24, 2.45) is 0 Å². The van der Waals surface area contributed by atoms with Crippen LogP contribution in [-0.4, -0.2) is 46.0 Å². The van der Waals surface area contributed by atoms with Gasteiger partial charge in [-0.3, -0.25) is 0 Å². The third-order valence-electron chi connectivity index (χ3n) is 4.99. The van der Waals surface area contributed by atoms with E-state index in [2.05, 4.69) is 51.9 Å². The van der Waals surface area contributed by atoms with Crippen LogP contribution in [0.15, 0.2) is 55.6 Å². The summed E-state index contributed by atoms with van der Waals surface area (Å²) >= 11 is 6.02. The number of nitrogen functional groups attached to an aromatic ring is 1. The number of H-pyrrole nitrogens is 1. The maximum Gasteiger partial charge on any atom is 0.0918 e. The number of aromatic amines is 1. The van der Waals surface area contributed by atoms with Gasteiger partial charge in [-0.15, -0.1) is 0 Å². The van der Waals surface area contributed by atoms with Crippen molar-refractivity contribution >= 4 is 28.6 Å². The number of fused-ring (bicyclic) bond motifs is 1. The number of hydrogen-bond acceptors (Lipinski definition) is 5. The Morgan fingerprint density at radius 3 is 2.93 bits per heavy atom. The van der Waals surface area contributed by atoms with Crippen molar-refractivity contribution in [1.29, 1.82) is 0 Å². The summed E-state index contributed by atoms with van der Waals surface area (Å²) in [5.74, 6) is 6.10. The molecule has 1 aromatic carbocycles. The SMILES string of the molecule is C=C(NCc1cc2cc(Cl)ccc2[nH]1)NC1CCCN(C)C1.C=Cc1cnn(N)c1. The second-order valence-corrected chi connectivity index (χ2v) is 8.00. The van der Waals surface area contributed by atoms with E-state index in [-0.39, 0.29) is 0 Å². The lowest BCUT2D eigenvalue weighted by Crippen LogP contribution is -2.45. The first-order valence-electron chi connectivity index (χ1n) is 10.00. The molecule has 8 heteroatoms. The topological polar surface area (TPSA) is 86.9 Å². The Kier molecular flexibility index (Phi) is 7.43. The number of aromatic nitrogens is 3. The van der Waals surface area contributed by atoms with Gasteiger partial charge in [-0.25, -0.2) is 0 Å². The van der Waals surface area contributed by atoms with E-state index in [4.69, 9.17) is 17.4 Å². The smallest absolute Gasteiger partial charge is 0.0918 e. The van der Waals surface area contributed by atoms with Crippen LogP contribution in [-0.2, 0) is 6.54 Å². The number of nitrogens with zero attached hydrogens (tertiary/aromatic N) is 3. The van der Waals surface area contributed by atoms with Gasteiger partial charge in [-0.1, -0.05) is 30.8 Å². The van der Waals surface area contributed by atoms with Crippen LogP contribution in [0.1, 0.15) is 24.1 Å². The molecule has 1 unspecified atom stereocenters. The molecule has 0 bridgehead atoms. The number of benzene rings is 1. The zero-order chi connectivity index (χ0) is 21.5. The van der Waals surface area contributed by atoms with E-state index in [0.717, 1.165) is 46.1 Å². The van der Waals surface area contributed by atoms with Crippen molar-refractivity contribution in [2.75, 3.05) is 26.0 Å². The number of hydrogen-bond donors (Lipinski definition) is 4. The van der Waals surface area contributed by atoms with Crippen molar-refractivity contribution in [2.45, 2.75) is 25.4 Å². The molecule has 3 heterocycles. The van der Waals surface area contributed by atoms with E-state index in [1.807, 2.05) is 18.2 Å². The van der Waals surface area contributed by atoms with Gasteiger partial charge in [0.15, 0.2) is 0 Å². The summed E-state index contributed by atoms with van der Waals surface area (Å²) in [6, 6.07) is 8.49. The molecule has 1 atom stereocenters. The minimum Gasteiger partial charge on any atom is -0.368 e. The normalized spacial score (nSPS) is 16.5. The maximum absolute atomic E-state index is 6.02. The molecule has 1 aliphatic rings. The van der Waals surface area contributed by atoms with Crippen molar-refractivity contribution in [3.05, 3.63) is 71.9 Å². The Labute approximate surface area is 182 Å². The van der Waals surface area contributed by atoms with E-state index in [0.29, 0.717) is 6.04 Å². The van der Waals surface area contributed by atoms with E-state index in [1.54, 1.807) is 18.5 Å². The fraction of sp³-hybridized carbons (Fsp3) is 0.318. The fourth-order valence-electron chi connectivity index (χ4n) is 3.50. The molecule has 1 saturated heterocycles. The summed E-state index contributed by atoms with van der Waals surface area (Å²) < 4.78 is 0. The van der Waals surface area contributed by atoms with Gasteiger partial charge in [0.05, 0.1) is 24.8 Å². The van der Waals surface area contributed by atoms with Crippen molar-refractivity contribution in [3.63, 3.8) is 0 Å². The number of halogens is 1. The maximum atomic E-state index is 6.02. The molecule has 160 valence electrons. The minimum atomic E-state index is 0.486. The van der Waals surface area contributed by atoms with Gasteiger partial charge in [-0.2, -0.15) is 9.89 Å². The first-order valence-corrected chi connectivity index (χ1v) is 10.4. The zero-order valence-electron chi connectivity index (χ0n) is 17.4. The van der Waals surface area contributed by atoms with Crippen LogP contribution in [0.4, 0.5) is 0 Å². The third-order valence-corrected chi connectivity index (χ3v) is 5.23. The van der Waals surface area contributed by atoms with Crippen molar-refractivity contribution in [1.82, 2.24) is 30.4 Å². The molecule has 5 N–H and O–H groups in total. The van der Waals surface area contributed by atoms with Crippen LogP contribution in [0.2, 0.25) is 5.02 Å². The van der Waals surface area contributed by atoms with E-state index in [9.17, 15) is 0 Å². The Morgan fingerprint density at radius 2 is 2.27 bits per heavy atom. The minimum absolute atomic E-state index is 0.486. The molecule has 7 nitrogen and oxygen atoms in total. The first-order chi connectivity index (χ1) is 14.4. The van der Waals surface area contributed by atoms with E-state index >= 15 is 0 Å². The van der Waals surface area contributed by atoms with Crippen LogP contribution in [0.3, 0.4) is 0 Å². The molecule has 1 fully saturated rings. The van der Waals surface area contributed by atoms with Crippen molar-refractivity contribution in [3.8, 4) is 0 Å². The van der Waals surface area contributed by atoms with Gasteiger partial charge in [-0.05, 0) is 50.7 Å². The Bertz CT molecular complexity index is 990. The highest BCUT2D eigenvalue weighted by molar-refractivity contribution is 6.31. The average molecular weight is 428 g/mol. The predicted molar refractivity (Wildman–Crippen MR) is 125 cm³/mol. The standard InChI is InChI=1S/C17H23ClN4.C5H7N3/c1-12(20-15-4-3-7-22(2)11-15)19-10-16-9-13-8-14(18)5-6-17(13)21-16;1-2-5-3-7-8(6)4-5/h5-6,8-9,15,19-21H,1,3-4,7,10-11H2,2H3;2-4H,1,6H2. The van der Waals surface area contributed by atoms with Gasteiger partial charge in [0, 0.05) is 39.8 Å². The lowest BCUT2D eigenvalue weighted by molar-refractivity contribution is 0.233. The predicted octanol–water partition coefficient (Wildman–Crippen LogP) is 3.31. The van der Waals surface area contributed by atoms with Gasteiger partial charge in [0.1, 0.15) is 0 Å². The molecule has 1 aliphatic heterocycles. The summed E-state index contributed by atoms with van der Waals surface area (Å²) in [5.41, 5.74) is 3.17. The molecule has 0 aliphatic carbocycles. The highest BCUT2D eigenvalue weighted by Crippen LogP contribution is 2.20. The van der Waals surface area contributed by atoms with E-state index < -0.39 is 0 Å². The van der Waals surface area contributed by atoms with Gasteiger partial charge >= 0.3 is 0 Å². The second-order valence-electron chi connectivity index (χ2n) is 7.56. The lowest BCUT2D eigenvalue weighted by Gasteiger charge is -2.31. The van der Waals surface area contributed by atoms with Crippen LogP contribution in [0.25, 0.3) is 17.0 Å². The van der Waals surface area contributed by atoms with Crippen molar-refractivity contribution < 1.29 is 0 Å². The van der Waals surface area contributed by atoms with E-state index in [1.165, 1.54) is 24.2 Å². The molecule has 0 radical (unpaired) electrons. The van der Waals surface area contributed by atoms with Gasteiger partial charge in [0.2, 0.25) is 0 Å². The summed E-state index contributed by atoms with van der Waals surface area (Å²) in [5, 5.41) is 12.4. The quantitative estimate of drug-likeness (QED) is 0.453. The molecule has 3 aromatic rings. The highest BCUT2D eigenvalue weighted by Gasteiger charge is 2.16. The molecule has 2 aromatic heterocycles. The van der Waals surface area contributed by atoms with Crippen LogP contribution in [0, 0.1) is 0 Å². The Hall–Kier alpha value is -2.90. The van der Waals surface area contributed by atoms with Gasteiger partial charge < -0.3 is 26.4 Å². The Balaban J connectivity index is 0.000000269. The number of nitrogens with two attached hydrogens (primary N) is 1. The number of rotatable bonds is 6. The number of piperidine rings is 1. The third kappa shape index (κ3) is 6.30. The molecule has 0 saturated carbocycles. The van der Waals surface area contributed by atoms with Crippen LogP contribution in [0.5, 0.6) is 0 Å². The van der Waals surface area contributed by atoms with Crippen LogP contribution >= 0.6 is 11.6 Å². The number of nitrogens with one attached hydrogen (secondary N) is 3. The number of likely N-dealkylation sites (tertiary alicyclic amines) is 1.